The summed E-state index contributed by atoms with van der Waals surface area (Å²) in [6, 6.07) is 5.80. The van der Waals surface area contributed by atoms with Gasteiger partial charge in [-0.3, -0.25) is 4.98 Å². The van der Waals surface area contributed by atoms with Crippen molar-refractivity contribution in [2.75, 3.05) is 0 Å². The van der Waals surface area contributed by atoms with Gasteiger partial charge in [-0.25, -0.2) is 0 Å². The van der Waals surface area contributed by atoms with Crippen LogP contribution in [0.2, 0.25) is 0 Å². The molecule has 1 N–H and O–H groups in total. The van der Waals surface area contributed by atoms with Crippen LogP contribution in [0.4, 0.5) is 0 Å². The van der Waals surface area contributed by atoms with Gasteiger partial charge in [-0.05, 0) is 31.9 Å². The van der Waals surface area contributed by atoms with Gasteiger partial charge in [-0.15, -0.1) is 0 Å². The van der Waals surface area contributed by atoms with Gasteiger partial charge in [0.1, 0.15) is 0 Å². The molecule has 2 heteroatoms. The van der Waals surface area contributed by atoms with Crippen molar-refractivity contribution in [1.82, 2.24) is 4.98 Å². The van der Waals surface area contributed by atoms with Crippen molar-refractivity contribution < 1.29 is 5.11 Å². The molecule has 0 spiro atoms. The van der Waals surface area contributed by atoms with Crippen LogP contribution in [0.15, 0.2) is 36.5 Å². The van der Waals surface area contributed by atoms with Gasteiger partial charge in [0.05, 0.1) is 6.10 Å². The fourth-order valence-corrected chi connectivity index (χ4v) is 1.08. The van der Waals surface area contributed by atoms with Crippen molar-refractivity contribution in [1.29, 1.82) is 0 Å². The van der Waals surface area contributed by atoms with Crippen LogP contribution < -0.4 is 0 Å². The minimum Gasteiger partial charge on any atom is -0.389 e. The third-order valence-corrected chi connectivity index (χ3v) is 1.97. The van der Waals surface area contributed by atoms with Crippen molar-refractivity contribution in [3.8, 4) is 0 Å². The fourth-order valence-electron chi connectivity index (χ4n) is 1.08. The maximum atomic E-state index is 9.46. The highest BCUT2D eigenvalue weighted by molar-refractivity contribution is 5.05. The van der Waals surface area contributed by atoms with Gasteiger partial charge >= 0.3 is 0 Å². The Hall–Kier alpha value is -1.15. The molecule has 0 saturated heterocycles. The van der Waals surface area contributed by atoms with E-state index in [1.807, 2.05) is 25.1 Å². The predicted molar refractivity (Wildman–Crippen MR) is 53.4 cm³/mol. The lowest BCUT2D eigenvalue weighted by Gasteiger charge is -2.08. The molecule has 0 aromatic carbocycles. The molecule has 0 aliphatic rings. The maximum absolute atomic E-state index is 9.46. The highest BCUT2D eigenvalue weighted by Gasteiger charge is 2.04. The Kier molecular flexibility index (Phi) is 3.65. The minimum atomic E-state index is -0.401. The molecule has 1 rings (SSSR count). The van der Waals surface area contributed by atoms with Gasteiger partial charge in [-0.2, -0.15) is 0 Å². The summed E-state index contributed by atoms with van der Waals surface area (Å²) in [6.07, 6.45) is 2.87. The van der Waals surface area contributed by atoms with Gasteiger partial charge < -0.3 is 5.11 Å². The van der Waals surface area contributed by atoms with Crippen LogP contribution in [-0.4, -0.2) is 16.2 Å². The van der Waals surface area contributed by atoms with Gasteiger partial charge in [0.15, 0.2) is 0 Å². The molecule has 1 unspecified atom stereocenters. The van der Waals surface area contributed by atoms with Crippen molar-refractivity contribution in [2.45, 2.75) is 25.9 Å². The van der Waals surface area contributed by atoms with Crippen molar-refractivity contribution in [3.05, 3.63) is 42.2 Å². The van der Waals surface area contributed by atoms with Crippen LogP contribution in [0, 0.1) is 0 Å². The lowest BCUT2D eigenvalue weighted by Crippen LogP contribution is -2.08. The molecule has 0 aliphatic carbocycles. The average Bonchev–Trinajstić information content (AvgIpc) is 2.15. The number of pyridine rings is 1. The molecule has 0 radical (unpaired) electrons. The number of aryl methyl sites for hydroxylation is 1. The number of hydrogen-bond acceptors (Lipinski definition) is 2. The van der Waals surface area contributed by atoms with Crippen molar-refractivity contribution in [2.24, 2.45) is 0 Å². The molecule has 1 aromatic rings. The first-order valence-electron chi connectivity index (χ1n) is 4.43. The lowest BCUT2D eigenvalue weighted by molar-refractivity contribution is 0.201. The molecular formula is C11H15NO. The largest absolute Gasteiger partial charge is 0.389 e. The molecule has 1 atom stereocenters. The molecule has 2 nitrogen and oxygen atoms in total. The second kappa shape index (κ2) is 4.77. The Morgan fingerprint density at radius 3 is 2.92 bits per heavy atom. The molecule has 13 heavy (non-hydrogen) atoms. The molecule has 0 aliphatic heterocycles. The maximum Gasteiger partial charge on any atom is 0.0748 e. The van der Waals surface area contributed by atoms with Crippen molar-refractivity contribution in [3.63, 3.8) is 0 Å². The van der Waals surface area contributed by atoms with Crippen molar-refractivity contribution >= 4 is 0 Å². The summed E-state index contributed by atoms with van der Waals surface area (Å²) in [6.45, 7) is 5.53. The van der Waals surface area contributed by atoms with Crippen LogP contribution in [0.25, 0.3) is 0 Å². The van der Waals surface area contributed by atoms with Gasteiger partial charge in [-0.1, -0.05) is 18.2 Å². The highest BCUT2D eigenvalue weighted by Crippen LogP contribution is 2.07. The quantitative estimate of drug-likeness (QED) is 0.713. The Bertz CT molecular complexity index is 269. The Morgan fingerprint density at radius 2 is 2.38 bits per heavy atom. The van der Waals surface area contributed by atoms with E-state index >= 15 is 0 Å². The summed E-state index contributed by atoms with van der Waals surface area (Å²) in [7, 11) is 0. The van der Waals surface area contributed by atoms with Crippen LogP contribution in [-0.2, 0) is 6.42 Å². The molecular weight excluding hydrogens is 162 g/mol. The SMILES string of the molecule is C=C(C)C(O)CCc1ccccn1. The molecule has 1 heterocycles. The number of aromatic nitrogens is 1. The van der Waals surface area contributed by atoms with E-state index in [4.69, 9.17) is 0 Å². The first-order chi connectivity index (χ1) is 6.20. The molecule has 0 saturated carbocycles. The summed E-state index contributed by atoms with van der Waals surface area (Å²) >= 11 is 0. The van der Waals surface area contributed by atoms with E-state index in [2.05, 4.69) is 11.6 Å². The first-order valence-corrected chi connectivity index (χ1v) is 4.43. The number of aliphatic hydroxyl groups is 1. The van der Waals surface area contributed by atoms with Crippen LogP contribution in [0.1, 0.15) is 19.0 Å². The highest BCUT2D eigenvalue weighted by atomic mass is 16.3. The molecule has 0 fully saturated rings. The molecule has 1 aromatic heterocycles. The van der Waals surface area contributed by atoms with Crippen LogP contribution >= 0.6 is 0 Å². The van der Waals surface area contributed by atoms with Crippen LogP contribution in [0.3, 0.4) is 0 Å². The van der Waals surface area contributed by atoms with E-state index in [9.17, 15) is 5.11 Å². The predicted octanol–water partition coefficient (Wildman–Crippen LogP) is 1.95. The third kappa shape index (κ3) is 3.38. The van der Waals surface area contributed by atoms with E-state index in [1.165, 1.54) is 0 Å². The topological polar surface area (TPSA) is 33.1 Å². The molecule has 0 amide bonds. The first kappa shape index (κ1) is 9.93. The summed E-state index contributed by atoms with van der Waals surface area (Å²) in [5, 5.41) is 9.46. The minimum absolute atomic E-state index is 0.401. The van der Waals surface area contributed by atoms with E-state index in [0.29, 0.717) is 6.42 Å². The fraction of sp³-hybridized carbons (Fsp3) is 0.364. The second-order valence-corrected chi connectivity index (χ2v) is 3.22. The Labute approximate surface area is 78.9 Å². The summed E-state index contributed by atoms with van der Waals surface area (Å²) in [4.78, 5) is 4.17. The zero-order valence-corrected chi connectivity index (χ0v) is 7.90. The van der Waals surface area contributed by atoms with E-state index in [1.54, 1.807) is 6.20 Å². The molecule has 70 valence electrons. The molecule has 0 bridgehead atoms. The van der Waals surface area contributed by atoms with Gasteiger partial charge in [0, 0.05) is 11.9 Å². The smallest absolute Gasteiger partial charge is 0.0748 e. The third-order valence-electron chi connectivity index (χ3n) is 1.97. The summed E-state index contributed by atoms with van der Waals surface area (Å²) in [5.41, 5.74) is 1.83. The van der Waals surface area contributed by atoms with E-state index in [-0.39, 0.29) is 0 Å². The normalized spacial score (nSPS) is 12.5. The monoisotopic (exact) mass is 177 g/mol. The number of nitrogens with zero attached hydrogens (tertiary/aromatic N) is 1. The van der Waals surface area contributed by atoms with Gasteiger partial charge in [0.2, 0.25) is 0 Å². The second-order valence-electron chi connectivity index (χ2n) is 3.22. The van der Waals surface area contributed by atoms with E-state index in [0.717, 1.165) is 17.7 Å². The van der Waals surface area contributed by atoms with E-state index < -0.39 is 6.10 Å². The van der Waals surface area contributed by atoms with Gasteiger partial charge in [0.25, 0.3) is 0 Å². The number of aliphatic hydroxyl groups excluding tert-OH is 1. The zero-order chi connectivity index (χ0) is 9.68. The lowest BCUT2D eigenvalue weighted by atomic mass is 10.1. The summed E-state index contributed by atoms with van der Waals surface area (Å²) < 4.78 is 0. The number of rotatable bonds is 4. The zero-order valence-electron chi connectivity index (χ0n) is 7.90. The Balaban J connectivity index is 2.39. The summed E-state index contributed by atoms with van der Waals surface area (Å²) in [5.74, 6) is 0. The van der Waals surface area contributed by atoms with Crippen LogP contribution in [0.5, 0.6) is 0 Å². The number of hydrogen-bond donors (Lipinski definition) is 1. The average molecular weight is 177 g/mol. The standard InChI is InChI=1S/C11H15NO/c1-9(2)11(13)7-6-10-5-3-4-8-12-10/h3-5,8,11,13H,1,6-7H2,2H3. The Morgan fingerprint density at radius 1 is 1.62 bits per heavy atom.